The van der Waals surface area contributed by atoms with Crippen molar-refractivity contribution >= 4 is 33.8 Å². The predicted octanol–water partition coefficient (Wildman–Crippen LogP) is 5.75. The number of nitrogens with zero attached hydrogens (tertiary/aromatic N) is 1. The van der Waals surface area contributed by atoms with Crippen LogP contribution in [-0.2, 0) is 13.1 Å². The second-order valence-corrected chi connectivity index (χ2v) is 11.6. The number of aliphatic hydroxyl groups is 1. The number of nitrogens with one attached hydrogen (secondary N) is 2. The van der Waals surface area contributed by atoms with Crippen molar-refractivity contribution in [2.45, 2.75) is 36.0 Å². The fraction of sp³-hybridized carbons (Fsp3) is 0.185. The molecule has 3 aromatic carbocycles. The molecule has 182 valence electrons. The van der Waals surface area contributed by atoms with Gasteiger partial charge in [0.15, 0.2) is 5.72 Å². The molecule has 0 amide bonds. The van der Waals surface area contributed by atoms with Crippen molar-refractivity contribution in [1.29, 1.82) is 0 Å². The molecule has 0 spiro atoms. The first kappa shape index (κ1) is 24.0. The average Bonchev–Trinajstić information content (AvgIpc) is 3.45. The summed E-state index contributed by atoms with van der Waals surface area (Å²) in [5.74, 6) is 0. The van der Waals surface area contributed by atoms with E-state index in [9.17, 15) is 14.2 Å². The molecule has 0 aliphatic carbocycles. The van der Waals surface area contributed by atoms with Crippen LogP contribution < -0.4 is 14.9 Å². The van der Waals surface area contributed by atoms with Gasteiger partial charge in [-0.15, -0.1) is 22.5 Å². The first-order chi connectivity index (χ1) is 16.8. The summed E-state index contributed by atoms with van der Waals surface area (Å²) in [7, 11) is -3.25. The summed E-state index contributed by atoms with van der Waals surface area (Å²) < 4.78 is 24.9. The Kier molecular flexibility index (Phi) is 6.67. The van der Waals surface area contributed by atoms with Crippen molar-refractivity contribution in [3.8, 4) is 0 Å². The van der Waals surface area contributed by atoms with Crippen molar-refractivity contribution in [3.05, 3.63) is 113 Å². The van der Waals surface area contributed by atoms with E-state index < -0.39 is 16.5 Å². The van der Waals surface area contributed by atoms with Gasteiger partial charge in [0.05, 0.1) is 10.3 Å². The van der Waals surface area contributed by atoms with Crippen LogP contribution >= 0.6 is 22.5 Å². The number of anilines is 1. The lowest BCUT2D eigenvalue weighted by Gasteiger charge is -2.34. The standard InChI is InChI=1S/C27H29N3O3S2/c1-27(31)24(17-26-28-14-15-34-26)23-16-22(35(32,33)29-18-20-8-4-2-5-9-20)12-13-25(23)30(27)19-21-10-6-3-7-11-21/h2-17,26,28-29,31-33H,18-19H2,1H3/b24-17+. The van der Waals surface area contributed by atoms with E-state index in [1.54, 1.807) is 30.8 Å². The van der Waals surface area contributed by atoms with Crippen LogP contribution in [0, 0.1) is 0 Å². The highest BCUT2D eigenvalue weighted by Gasteiger charge is 2.43. The fourth-order valence-electron chi connectivity index (χ4n) is 4.43. The third-order valence-corrected chi connectivity index (χ3v) is 8.61. The number of benzene rings is 3. The van der Waals surface area contributed by atoms with Crippen LogP contribution in [0.2, 0.25) is 0 Å². The summed E-state index contributed by atoms with van der Waals surface area (Å²) in [6.07, 6.45) is 3.90. The molecule has 0 aromatic heterocycles. The highest BCUT2D eigenvalue weighted by atomic mass is 32.3. The molecule has 0 saturated heterocycles. The highest BCUT2D eigenvalue weighted by molar-refractivity contribution is 8.22. The Morgan fingerprint density at radius 1 is 1.03 bits per heavy atom. The maximum Gasteiger partial charge on any atom is 0.162 e. The second kappa shape index (κ2) is 9.73. The molecule has 8 heteroatoms. The zero-order chi connectivity index (χ0) is 24.5. The minimum Gasteiger partial charge on any atom is -0.375 e. The zero-order valence-electron chi connectivity index (χ0n) is 19.3. The van der Waals surface area contributed by atoms with Gasteiger partial charge in [0.25, 0.3) is 0 Å². The molecular formula is C27H29N3O3S2. The molecule has 3 aromatic rings. The van der Waals surface area contributed by atoms with E-state index in [4.69, 9.17) is 0 Å². The van der Waals surface area contributed by atoms with Crippen LogP contribution in [0.25, 0.3) is 5.57 Å². The largest absolute Gasteiger partial charge is 0.375 e. The smallest absolute Gasteiger partial charge is 0.162 e. The summed E-state index contributed by atoms with van der Waals surface area (Å²) in [4.78, 5) is 2.35. The monoisotopic (exact) mass is 507 g/mol. The third kappa shape index (κ3) is 4.99. The van der Waals surface area contributed by atoms with Crippen LogP contribution in [0.4, 0.5) is 5.69 Å². The lowest BCUT2D eigenvalue weighted by Crippen LogP contribution is -2.43. The van der Waals surface area contributed by atoms with E-state index in [0.29, 0.717) is 18.0 Å². The van der Waals surface area contributed by atoms with E-state index in [2.05, 4.69) is 10.0 Å². The molecule has 35 heavy (non-hydrogen) atoms. The number of hydrogen-bond acceptors (Lipinski definition) is 7. The van der Waals surface area contributed by atoms with Gasteiger partial charge in [-0.2, -0.15) is 0 Å². The van der Waals surface area contributed by atoms with Gasteiger partial charge in [-0.25, -0.2) is 4.72 Å². The first-order valence-electron chi connectivity index (χ1n) is 11.4. The van der Waals surface area contributed by atoms with Crippen LogP contribution in [0.5, 0.6) is 0 Å². The molecule has 0 fully saturated rings. The molecule has 5 rings (SSSR count). The summed E-state index contributed by atoms with van der Waals surface area (Å²) in [5.41, 5.74) is 3.14. The van der Waals surface area contributed by atoms with Crippen molar-refractivity contribution in [3.63, 3.8) is 0 Å². The quantitative estimate of drug-likeness (QED) is 0.278. The number of thioether (sulfide) groups is 1. The molecule has 5 N–H and O–H groups in total. The van der Waals surface area contributed by atoms with Crippen molar-refractivity contribution in [2.24, 2.45) is 0 Å². The molecule has 6 nitrogen and oxygen atoms in total. The Hall–Kier alpha value is -2.72. The highest BCUT2D eigenvalue weighted by Crippen LogP contribution is 2.52. The Morgan fingerprint density at radius 3 is 2.37 bits per heavy atom. The van der Waals surface area contributed by atoms with Crippen molar-refractivity contribution in [2.75, 3.05) is 4.90 Å². The summed E-state index contributed by atoms with van der Waals surface area (Å²) in [5, 5.41) is 17.0. The normalized spacial score (nSPS) is 22.9. The van der Waals surface area contributed by atoms with E-state index in [-0.39, 0.29) is 5.37 Å². The van der Waals surface area contributed by atoms with Crippen LogP contribution in [0.1, 0.15) is 23.6 Å². The van der Waals surface area contributed by atoms with E-state index in [1.165, 1.54) is 0 Å². The number of fused-ring (bicyclic) bond motifs is 1. The average molecular weight is 508 g/mol. The van der Waals surface area contributed by atoms with Crippen LogP contribution in [-0.4, -0.2) is 25.3 Å². The predicted molar refractivity (Wildman–Crippen MR) is 146 cm³/mol. The lowest BCUT2D eigenvalue weighted by molar-refractivity contribution is 0.121. The molecule has 2 aliphatic heterocycles. The van der Waals surface area contributed by atoms with E-state index in [1.807, 2.05) is 89.3 Å². The number of rotatable bonds is 7. The molecule has 0 bridgehead atoms. The molecule has 2 unspecified atom stereocenters. The fourth-order valence-corrected chi connectivity index (χ4v) is 6.20. The molecule has 2 heterocycles. The van der Waals surface area contributed by atoms with Gasteiger partial charge in [0, 0.05) is 36.1 Å². The second-order valence-electron chi connectivity index (χ2n) is 8.73. The molecule has 2 aliphatic rings. The van der Waals surface area contributed by atoms with E-state index >= 15 is 0 Å². The SMILES string of the molecule is CC1(O)/C(=C/C2NC=CS2)c2cc(S(O)(O)NCc3ccccc3)ccc2N1Cc1ccccc1. The third-order valence-electron chi connectivity index (χ3n) is 6.29. The number of hydrogen-bond donors (Lipinski definition) is 5. The van der Waals surface area contributed by atoms with Crippen LogP contribution in [0.3, 0.4) is 0 Å². The minimum absolute atomic E-state index is 0.0128. The van der Waals surface area contributed by atoms with Gasteiger partial charge >= 0.3 is 0 Å². The first-order valence-corrected chi connectivity index (χ1v) is 13.9. The van der Waals surface area contributed by atoms with Gasteiger partial charge in [0.2, 0.25) is 0 Å². The van der Waals surface area contributed by atoms with E-state index in [0.717, 1.165) is 28.0 Å². The Balaban J connectivity index is 1.50. The Morgan fingerprint density at radius 2 is 1.71 bits per heavy atom. The lowest BCUT2D eigenvalue weighted by atomic mass is 10.00. The maximum atomic E-state index is 11.8. The Bertz CT molecular complexity index is 1240. The van der Waals surface area contributed by atoms with Gasteiger partial charge in [-0.05, 0) is 47.7 Å². The van der Waals surface area contributed by atoms with Crippen molar-refractivity contribution < 1.29 is 14.2 Å². The molecule has 2 atom stereocenters. The minimum atomic E-state index is -3.25. The topological polar surface area (TPSA) is 88.0 Å². The maximum absolute atomic E-state index is 11.8. The van der Waals surface area contributed by atoms with Gasteiger partial charge < -0.3 is 15.3 Å². The summed E-state index contributed by atoms with van der Waals surface area (Å²) in [6, 6.07) is 25.0. The van der Waals surface area contributed by atoms with Gasteiger partial charge in [-0.1, -0.05) is 60.7 Å². The Labute approximate surface area is 211 Å². The van der Waals surface area contributed by atoms with Crippen LogP contribution in [0.15, 0.2) is 101 Å². The molecule has 0 radical (unpaired) electrons. The molecule has 0 saturated carbocycles. The summed E-state index contributed by atoms with van der Waals surface area (Å²) in [6.45, 7) is 2.64. The summed E-state index contributed by atoms with van der Waals surface area (Å²) >= 11 is 1.62. The van der Waals surface area contributed by atoms with Gasteiger partial charge in [-0.3, -0.25) is 9.11 Å². The van der Waals surface area contributed by atoms with Crippen molar-refractivity contribution in [1.82, 2.24) is 10.0 Å². The zero-order valence-corrected chi connectivity index (χ0v) is 21.0. The van der Waals surface area contributed by atoms with Gasteiger partial charge in [0.1, 0.15) is 0 Å². The molecular weight excluding hydrogens is 478 g/mol.